The van der Waals surface area contributed by atoms with Gasteiger partial charge >= 0.3 is 0 Å². The largest absolute Gasteiger partial charge is 0.349 e. The summed E-state index contributed by atoms with van der Waals surface area (Å²) in [7, 11) is 0. The first-order valence-corrected chi connectivity index (χ1v) is 6.44. The van der Waals surface area contributed by atoms with Gasteiger partial charge < -0.3 is 10.6 Å². The summed E-state index contributed by atoms with van der Waals surface area (Å²) in [5.74, 6) is -1.02. The maximum absolute atomic E-state index is 13.0. The Kier molecular flexibility index (Phi) is 6.04. The number of carbonyl (C=O) groups excluding carboxylic acids is 1. The first kappa shape index (κ1) is 17.3. The number of hydrogen-bond donors (Lipinski definition) is 2. The van der Waals surface area contributed by atoms with Crippen LogP contribution in [0.2, 0.25) is 0 Å². The Balaban J connectivity index is 0.00000220. The second-order valence-electron chi connectivity index (χ2n) is 4.97. The maximum Gasteiger partial charge on any atom is 0.285 e. The molecule has 0 aliphatic carbocycles. The molecule has 1 aliphatic rings. The van der Waals surface area contributed by atoms with Crippen molar-refractivity contribution in [2.45, 2.75) is 19.4 Å². The van der Waals surface area contributed by atoms with E-state index in [2.05, 4.69) is 10.6 Å². The van der Waals surface area contributed by atoms with Crippen molar-refractivity contribution in [2.24, 2.45) is 5.92 Å². The van der Waals surface area contributed by atoms with E-state index < -0.39 is 22.3 Å². The Morgan fingerprint density at radius 1 is 1.52 bits per heavy atom. The molecule has 1 fully saturated rings. The summed E-state index contributed by atoms with van der Waals surface area (Å²) in [6.45, 7) is 3.58. The Bertz CT molecular complexity index is 541. The third-order valence-corrected chi connectivity index (χ3v) is 3.50. The normalized spacial score (nSPS) is 21.2. The molecule has 1 aromatic carbocycles. The standard InChI is InChI=1S/C13H16FN3O3.ClH/c1-8-7-15-5-4-11(8)16-13(18)10-3-2-9(14)6-12(10)17(19)20;/h2-3,6,8,11,15H,4-5,7H2,1H3,(H,16,18);1H. The summed E-state index contributed by atoms with van der Waals surface area (Å²) in [6.07, 6.45) is 0.766. The predicted molar refractivity (Wildman–Crippen MR) is 78.2 cm³/mol. The second-order valence-corrected chi connectivity index (χ2v) is 4.97. The molecule has 116 valence electrons. The molecule has 1 saturated heterocycles. The molecule has 8 heteroatoms. The van der Waals surface area contributed by atoms with Crippen LogP contribution < -0.4 is 10.6 Å². The molecule has 1 heterocycles. The van der Waals surface area contributed by atoms with Crippen molar-refractivity contribution in [3.8, 4) is 0 Å². The molecule has 0 spiro atoms. The van der Waals surface area contributed by atoms with E-state index in [1.54, 1.807) is 0 Å². The minimum absolute atomic E-state index is 0. The van der Waals surface area contributed by atoms with Crippen LogP contribution in [0, 0.1) is 21.8 Å². The number of halogens is 2. The fourth-order valence-electron chi connectivity index (χ4n) is 2.32. The molecule has 2 atom stereocenters. The molecular formula is C13H17ClFN3O3. The Morgan fingerprint density at radius 2 is 2.24 bits per heavy atom. The Hall–Kier alpha value is -1.73. The highest BCUT2D eigenvalue weighted by Gasteiger charge is 2.26. The summed E-state index contributed by atoms with van der Waals surface area (Å²) in [6, 6.07) is 2.93. The third kappa shape index (κ3) is 4.12. The van der Waals surface area contributed by atoms with E-state index in [0.29, 0.717) is 0 Å². The minimum Gasteiger partial charge on any atom is -0.349 e. The third-order valence-electron chi connectivity index (χ3n) is 3.50. The fourth-order valence-corrected chi connectivity index (χ4v) is 2.32. The van der Waals surface area contributed by atoms with Crippen LogP contribution in [-0.2, 0) is 0 Å². The van der Waals surface area contributed by atoms with Gasteiger partial charge in [0.15, 0.2) is 0 Å². The molecule has 0 bridgehead atoms. The number of hydrogen-bond acceptors (Lipinski definition) is 4. The highest BCUT2D eigenvalue weighted by Crippen LogP contribution is 2.20. The molecule has 1 aliphatic heterocycles. The van der Waals surface area contributed by atoms with Crippen molar-refractivity contribution >= 4 is 24.0 Å². The van der Waals surface area contributed by atoms with Crippen LogP contribution in [0.5, 0.6) is 0 Å². The van der Waals surface area contributed by atoms with E-state index in [-0.39, 0.29) is 29.9 Å². The molecule has 1 amide bonds. The Morgan fingerprint density at radius 3 is 2.86 bits per heavy atom. The van der Waals surface area contributed by atoms with Gasteiger partial charge in [0, 0.05) is 6.04 Å². The topological polar surface area (TPSA) is 84.3 Å². The number of amides is 1. The summed E-state index contributed by atoms with van der Waals surface area (Å²) in [5, 5.41) is 16.9. The molecule has 21 heavy (non-hydrogen) atoms. The quantitative estimate of drug-likeness (QED) is 0.658. The first-order valence-electron chi connectivity index (χ1n) is 6.44. The van der Waals surface area contributed by atoms with Crippen LogP contribution in [0.15, 0.2) is 18.2 Å². The maximum atomic E-state index is 13.0. The van der Waals surface area contributed by atoms with Gasteiger partial charge in [0.1, 0.15) is 11.4 Å². The van der Waals surface area contributed by atoms with Crippen LogP contribution >= 0.6 is 12.4 Å². The van der Waals surface area contributed by atoms with Crippen LogP contribution in [0.1, 0.15) is 23.7 Å². The SMILES string of the molecule is CC1CNCCC1NC(=O)c1ccc(F)cc1[N+](=O)[O-].Cl. The summed E-state index contributed by atoms with van der Waals surface area (Å²) in [4.78, 5) is 22.3. The summed E-state index contributed by atoms with van der Waals surface area (Å²) >= 11 is 0. The Labute approximate surface area is 127 Å². The van der Waals surface area contributed by atoms with E-state index in [4.69, 9.17) is 0 Å². The highest BCUT2D eigenvalue weighted by atomic mass is 35.5. The number of nitrogens with zero attached hydrogens (tertiary/aromatic N) is 1. The van der Waals surface area contributed by atoms with Gasteiger partial charge in [0.05, 0.1) is 11.0 Å². The highest BCUT2D eigenvalue weighted by molar-refractivity contribution is 5.98. The smallest absolute Gasteiger partial charge is 0.285 e. The van der Waals surface area contributed by atoms with Gasteiger partial charge in [-0.05, 0) is 37.6 Å². The van der Waals surface area contributed by atoms with Crippen LogP contribution in [0.4, 0.5) is 10.1 Å². The molecular weight excluding hydrogens is 301 g/mol. The van der Waals surface area contributed by atoms with Crippen molar-refractivity contribution < 1.29 is 14.1 Å². The number of nitro benzene ring substituents is 1. The average molecular weight is 318 g/mol. The lowest BCUT2D eigenvalue weighted by molar-refractivity contribution is -0.385. The first-order chi connectivity index (χ1) is 9.49. The van der Waals surface area contributed by atoms with Crippen molar-refractivity contribution in [1.82, 2.24) is 10.6 Å². The molecule has 0 aromatic heterocycles. The number of nitrogens with one attached hydrogen (secondary N) is 2. The molecule has 2 N–H and O–H groups in total. The summed E-state index contributed by atoms with van der Waals surface area (Å²) in [5.41, 5.74) is -0.619. The van der Waals surface area contributed by atoms with Gasteiger partial charge in [-0.15, -0.1) is 12.4 Å². The number of piperidine rings is 1. The molecule has 6 nitrogen and oxygen atoms in total. The average Bonchev–Trinajstić information content (AvgIpc) is 2.41. The van der Waals surface area contributed by atoms with Crippen LogP contribution in [0.3, 0.4) is 0 Å². The van der Waals surface area contributed by atoms with Crippen molar-refractivity contribution in [3.63, 3.8) is 0 Å². The van der Waals surface area contributed by atoms with E-state index in [9.17, 15) is 19.3 Å². The monoisotopic (exact) mass is 317 g/mol. The van der Waals surface area contributed by atoms with Crippen LogP contribution in [0.25, 0.3) is 0 Å². The van der Waals surface area contributed by atoms with Gasteiger partial charge in [-0.1, -0.05) is 6.92 Å². The second kappa shape index (κ2) is 7.33. The molecule has 2 unspecified atom stereocenters. The van der Waals surface area contributed by atoms with E-state index in [1.165, 1.54) is 0 Å². The zero-order valence-electron chi connectivity index (χ0n) is 11.5. The number of benzene rings is 1. The zero-order chi connectivity index (χ0) is 14.7. The molecule has 0 radical (unpaired) electrons. The zero-order valence-corrected chi connectivity index (χ0v) is 12.3. The van der Waals surface area contributed by atoms with Gasteiger partial charge in [0.2, 0.25) is 0 Å². The lowest BCUT2D eigenvalue weighted by Gasteiger charge is -2.30. The van der Waals surface area contributed by atoms with E-state index in [1.807, 2.05) is 6.92 Å². The number of rotatable bonds is 3. The summed E-state index contributed by atoms with van der Waals surface area (Å²) < 4.78 is 13.0. The van der Waals surface area contributed by atoms with Gasteiger partial charge in [0.25, 0.3) is 11.6 Å². The van der Waals surface area contributed by atoms with Crippen molar-refractivity contribution in [1.29, 1.82) is 0 Å². The van der Waals surface area contributed by atoms with Crippen LogP contribution in [-0.4, -0.2) is 30.0 Å². The predicted octanol–water partition coefficient (Wildman–Crippen LogP) is 1.88. The minimum atomic E-state index is -0.746. The van der Waals surface area contributed by atoms with E-state index >= 15 is 0 Å². The van der Waals surface area contributed by atoms with Gasteiger partial charge in [-0.2, -0.15) is 0 Å². The molecule has 2 rings (SSSR count). The van der Waals surface area contributed by atoms with Gasteiger partial charge in [-0.25, -0.2) is 4.39 Å². The number of nitro groups is 1. The molecule has 1 aromatic rings. The van der Waals surface area contributed by atoms with Crippen molar-refractivity contribution in [2.75, 3.05) is 13.1 Å². The number of carbonyl (C=O) groups is 1. The van der Waals surface area contributed by atoms with E-state index in [0.717, 1.165) is 37.7 Å². The van der Waals surface area contributed by atoms with Gasteiger partial charge in [-0.3, -0.25) is 14.9 Å². The fraction of sp³-hybridized carbons (Fsp3) is 0.462. The molecule has 0 saturated carbocycles. The lowest BCUT2D eigenvalue weighted by atomic mass is 9.95. The van der Waals surface area contributed by atoms with Crippen molar-refractivity contribution in [3.05, 3.63) is 39.7 Å². The lowest BCUT2D eigenvalue weighted by Crippen LogP contribution is -2.48.